The predicted molar refractivity (Wildman–Crippen MR) is 402 cm³/mol. The van der Waals surface area contributed by atoms with Gasteiger partial charge in [0.2, 0.25) is 70.9 Å². The number of benzene rings is 2. The number of allylic oxidation sites excluding steroid dienone is 2. The maximum absolute atomic E-state index is 15.1. The fourth-order valence-electron chi connectivity index (χ4n) is 12.3. The van der Waals surface area contributed by atoms with Crippen LogP contribution in [0.5, 0.6) is 11.5 Å². The number of rotatable bonds is 18. The Hall–Kier alpha value is -8.95. The number of ether oxygens (including phenoxy) is 1. The zero-order valence-corrected chi connectivity index (χ0v) is 66.9. The van der Waals surface area contributed by atoms with Crippen LogP contribution in [0.4, 0.5) is 5.69 Å². The molecule has 1 saturated heterocycles. The lowest BCUT2D eigenvalue weighted by Crippen LogP contribution is -2.63. The SMILES string of the molecule is CC(=O)Nc1ccc(OC(=O)c2ccccc2O)cc1.CC=CCC(C)C(O)C1C(=O)NC(CC)C(=O)N(C)CC(=O)N(C)C(CC(C)C)C(=O)NC(C(C)C)C(=O)N(C)C(CC(C)C)C(=O)NC(C)C(=O)NC(C)C(=O)N(C)C(CC(C)C)C(=O)N(C)C(CC(C)C)C(=O)N(C)C(C(C)C)C(=O)N1C. The molecule has 28 heteroatoms. The summed E-state index contributed by atoms with van der Waals surface area (Å²) in [5.41, 5.74) is 0.707. The number of phenols is 1. The lowest BCUT2D eigenvalue weighted by atomic mass is 9.91. The van der Waals surface area contributed by atoms with Crippen molar-refractivity contribution in [3.05, 3.63) is 66.2 Å². The lowest BCUT2D eigenvalue weighted by molar-refractivity contribution is -0.157. The van der Waals surface area contributed by atoms with Gasteiger partial charge in [-0.25, -0.2) is 4.79 Å². The van der Waals surface area contributed by atoms with Gasteiger partial charge in [-0.05, 0) is 137 Å². The van der Waals surface area contributed by atoms with Crippen LogP contribution in [0.25, 0.3) is 0 Å². The molecule has 0 aromatic heterocycles. The number of likely N-dealkylation sites (N-methyl/N-ethyl adjacent to an activating group) is 7. The molecule has 3 rings (SSSR count). The number of aromatic hydroxyl groups is 1. The first kappa shape index (κ1) is 92.1. The van der Waals surface area contributed by atoms with Gasteiger partial charge in [-0.2, -0.15) is 0 Å². The number of carbonyl (C=O) groups is 13. The van der Waals surface area contributed by atoms with Gasteiger partial charge in [-0.3, -0.25) is 57.5 Å². The maximum Gasteiger partial charge on any atom is 0.347 e. The second-order valence-corrected chi connectivity index (χ2v) is 30.2. The molecule has 0 spiro atoms. The average molecular weight is 1470 g/mol. The lowest BCUT2D eigenvalue weighted by Gasteiger charge is -2.41. The van der Waals surface area contributed by atoms with Gasteiger partial charge < -0.3 is 75.8 Å². The van der Waals surface area contributed by atoms with Crippen molar-refractivity contribution in [3.63, 3.8) is 0 Å². The Morgan fingerprint density at radius 3 is 1.47 bits per heavy atom. The Kier molecular flexibility index (Phi) is 37.6. The Labute approximate surface area is 622 Å². The molecule has 7 N–H and O–H groups in total. The molecule has 105 heavy (non-hydrogen) atoms. The molecular formula is C77H124N12O16. The van der Waals surface area contributed by atoms with Crippen LogP contribution in [-0.4, -0.2) is 244 Å². The quantitative estimate of drug-likeness (QED) is 0.0524. The van der Waals surface area contributed by atoms with Gasteiger partial charge in [0, 0.05) is 61.9 Å². The fraction of sp³-hybridized carbons (Fsp3) is 0.649. The van der Waals surface area contributed by atoms with Crippen LogP contribution in [0.1, 0.15) is 174 Å². The molecule has 12 amide bonds. The molecule has 2 aromatic carbocycles. The van der Waals surface area contributed by atoms with Crippen molar-refractivity contribution in [2.75, 3.05) is 61.2 Å². The van der Waals surface area contributed by atoms with E-state index in [1.165, 1.54) is 107 Å². The van der Waals surface area contributed by atoms with Gasteiger partial charge in [0.25, 0.3) is 0 Å². The van der Waals surface area contributed by atoms with Crippen molar-refractivity contribution in [2.45, 2.75) is 230 Å². The molecule has 0 aliphatic carbocycles. The number of aliphatic hydroxyl groups excluding tert-OH is 1. The summed E-state index contributed by atoms with van der Waals surface area (Å²) < 4.78 is 5.13. The normalized spacial score (nSPS) is 23.7. The second kappa shape index (κ2) is 42.9. The molecule has 588 valence electrons. The summed E-state index contributed by atoms with van der Waals surface area (Å²) in [6, 6.07) is 0.173. The molecule has 0 bridgehead atoms. The Balaban J connectivity index is 0.00000159. The molecule has 12 unspecified atom stereocenters. The van der Waals surface area contributed by atoms with Crippen molar-refractivity contribution in [1.82, 2.24) is 55.6 Å². The summed E-state index contributed by atoms with van der Waals surface area (Å²) in [6.07, 6.45) is 3.04. The van der Waals surface area contributed by atoms with Crippen LogP contribution in [-0.2, 0) is 57.5 Å². The predicted octanol–water partition coefficient (Wildman–Crippen LogP) is 5.84. The number of aliphatic hydroxyl groups is 1. The number of amides is 12. The van der Waals surface area contributed by atoms with Crippen molar-refractivity contribution < 1.29 is 77.3 Å². The van der Waals surface area contributed by atoms with Gasteiger partial charge in [-0.1, -0.05) is 121 Å². The minimum Gasteiger partial charge on any atom is -0.507 e. The van der Waals surface area contributed by atoms with Crippen molar-refractivity contribution in [1.29, 1.82) is 0 Å². The van der Waals surface area contributed by atoms with Crippen LogP contribution in [0.15, 0.2) is 60.7 Å². The van der Waals surface area contributed by atoms with Crippen molar-refractivity contribution >= 4 is 82.5 Å². The van der Waals surface area contributed by atoms with E-state index in [2.05, 4.69) is 26.6 Å². The molecule has 0 saturated carbocycles. The van der Waals surface area contributed by atoms with E-state index in [-0.39, 0.29) is 73.0 Å². The fourth-order valence-corrected chi connectivity index (χ4v) is 12.3. The Morgan fingerprint density at radius 2 is 0.990 bits per heavy atom. The number of carbonyl (C=O) groups excluding carboxylic acids is 13. The molecule has 2 aromatic rings. The molecule has 12 atom stereocenters. The molecular weight excluding hydrogens is 1350 g/mol. The smallest absolute Gasteiger partial charge is 0.347 e. The first-order valence-corrected chi connectivity index (χ1v) is 36.5. The minimum atomic E-state index is -1.61. The third-order valence-corrected chi connectivity index (χ3v) is 18.6. The zero-order valence-electron chi connectivity index (χ0n) is 66.9. The molecule has 28 nitrogen and oxygen atoms in total. The van der Waals surface area contributed by atoms with Gasteiger partial charge in [-0.15, -0.1) is 0 Å². The van der Waals surface area contributed by atoms with Gasteiger partial charge in [0.1, 0.15) is 77.5 Å². The van der Waals surface area contributed by atoms with E-state index in [4.69, 9.17) is 4.74 Å². The van der Waals surface area contributed by atoms with Crippen LogP contribution in [0.3, 0.4) is 0 Å². The summed E-state index contributed by atoms with van der Waals surface area (Å²) in [7, 11) is 9.92. The van der Waals surface area contributed by atoms with Crippen LogP contribution in [0.2, 0.25) is 0 Å². The van der Waals surface area contributed by atoms with Crippen molar-refractivity contribution in [3.8, 4) is 11.5 Å². The van der Waals surface area contributed by atoms with E-state index < -0.39 is 162 Å². The molecule has 0 radical (unpaired) electrons. The number of nitrogens with one attached hydrogen (secondary N) is 5. The minimum absolute atomic E-state index is 0.0229. The largest absolute Gasteiger partial charge is 0.507 e. The highest BCUT2D eigenvalue weighted by Crippen LogP contribution is 2.27. The van der Waals surface area contributed by atoms with E-state index in [1.807, 2.05) is 61.5 Å². The number of nitrogens with zero attached hydrogens (tertiary/aromatic N) is 7. The topological polar surface area (TPSA) is 354 Å². The first-order chi connectivity index (χ1) is 48.8. The standard InChI is InChI=1S/C62H111N11O12.C15H13NO4/c1-25-27-28-40(15)52(75)51-56(79)65-43(26-2)58(81)67(18)33-48(74)68(19)44(29-34(3)4)55(78)66-49(38(11)12)61(84)69(20)45(30-35(5)6)54(77)63-41(16)53(76)64-42(17)57(80)70(21)46(31-36(7)8)59(82)71(22)47(32-37(9)10)60(83)72(23)50(39(13)14)62(85)73(51)24;1-10(17)16-11-6-8-12(9-7-11)20-15(19)13-4-2-3-5-14(13)18/h25,27,34-47,49-52,75H,26,28-33H2,1-24H3,(H,63,77)(H,64,76)(H,65,79)(H,66,78);2-9,18H,1H3,(H,16,17). The molecule has 1 heterocycles. The summed E-state index contributed by atoms with van der Waals surface area (Å²) >= 11 is 0. The highest BCUT2D eigenvalue weighted by atomic mass is 16.5. The number of hydrogen-bond acceptors (Lipinski definition) is 16. The number of anilines is 1. The zero-order chi connectivity index (χ0) is 80.5. The van der Waals surface area contributed by atoms with Crippen LogP contribution >= 0.6 is 0 Å². The number of para-hydroxylation sites is 1. The number of phenolic OH excluding ortho intramolecular Hbond substituents is 1. The number of hydrogen-bond donors (Lipinski definition) is 7. The molecule has 1 aliphatic rings. The molecule has 1 fully saturated rings. The van der Waals surface area contributed by atoms with E-state index >= 15 is 9.59 Å². The van der Waals surface area contributed by atoms with Gasteiger partial charge >= 0.3 is 5.97 Å². The summed E-state index contributed by atoms with van der Waals surface area (Å²) in [4.78, 5) is 191. The van der Waals surface area contributed by atoms with Gasteiger partial charge in [0.15, 0.2) is 0 Å². The maximum atomic E-state index is 15.1. The van der Waals surface area contributed by atoms with Crippen LogP contribution < -0.4 is 31.3 Å². The summed E-state index contributed by atoms with van der Waals surface area (Å²) in [6.45, 7) is 30.7. The highest BCUT2D eigenvalue weighted by Gasteiger charge is 2.46. The van der Waals surface area contributed by atoms with Crippen molar-refractivity contribution in [2.24, 2.45) is 41.4 Å². The Bertz CT molecular complexity index is 3320. The second-order valence-electron chi connectivity index (χ2n) is 30.2. The Morgan fingerprint density at radius 1 is 0.533 bits per heavy atom. The summed E-state index contributed by atoms with van der Waals surface area (Å²) in [5.74, 6) is -10.3. The van der Waals surface area contributed by atoms with E-state index in [9.17, 15) is 63.0 Å². The van der Waals surface area contributed by atoms with E-state index in [1.54, 1.807) is 90.9 Å². The monoisotopic (exact) mass is 1470 g/mol. The highest BCUT2D eigenvalue weighted by molar-refractivity contribution is 6.00. The first-order valence-electron chi connectivity index (χ1n) is 36.5. The third kappa shape index (κ3) is 27.2. The summed E-state index contributed by atoms with van der Waals surface area (Å²) in [5, 5.41) is 35.2. The third-order valence-electron chi connectivity index (χ3n) is 18.6. The number of esters is 1. The van der Waals surface area contributed by atoms with Gasteiger partial charge in [0.05, 0.1) is 12.6 Å². The average Bonchev–Trinajstić information content (AvgIpc) is 0.803. The molecule has 1 aliphatic heterocycles. The van der Waals surface area contributed by atoms with Crippen LogP contribution in [0, 0.1) is 41.4 Å². The van der Waals surface area contributed by atoms with E-state index in [0.717, 1.165) is 9.80 Å². The van der Waals surface area contributed by atoms with E-state index in [0.29, 0.717) is 17.9 Å².